The van der Waals surface area contributed by atoms with E-state index in [-0.39, 0.29) is 19.4 Å². The van der Waals surface area contributed by atoms with E-state index in [9.17, 15) is 24.9 Å². The highest BCUT2D eigenvalue weighted by Crippen LogP contribution is 2.31. The van der Waals surface area contributed by atoms with Gasteiger partial charge in [0, 0.05) is 30.4 Å². The lowest BCUT2D eigenvalue weighted by Crippen LogP contribution is -2.45. The number of esters is 1. The van der Waals surface area contributed by atoms with E-state index >= 15 is 0 Å². The van der Waals surface area contributed by atoms with Gasteiger partial charge in [-0.1, -0.05) is 0 Å². The predicted octanol–water partition coefficient (Wildman–Crippen LogP) is 0.740. The first-order valence-corrected chi connectivity index (χ1v) is 8.57. The summed E-state index contributed by atoms with van der Waals surface area (Å²) in [6, 6.07) is 7.82. The van der Waals surface area contributed by atoms with Crippen molar-refractivity contribution in [1.82, 2.24) is 0 Å². The van der Waals surface area contributed by atoms with E-state index in [1.165, 1.54) is 26.0 Å². The van der Waals surface area contributed by atoms with Gasteiger partial charge in [-0.15, -0.1) is 0 Å². The molecule has 0 amide bonds. The summed E-state index contributed by atoms with van der Waals surface area (Å²) in [5, 5.41) is 31.4. The lowest BCUT2D eigenvalue weighted by Gasteiger charge is -2.30. The quantitative estimate of drug-likeness (QED) is 0.496. The Balaban J connectivity index is 1.61. The molecule has 4 atom stereocenters. The van der Waals surface area contributed by atoms with Crippen LogP contribution in [-0.2, 0) is 9.53 Å². The van der Waals surface area contributed by atoms with Crippen LogP contribution in [-0.4, -0.2) is 51.3 Å². The Morgan fingerprint density at radius 2 is 2.04 bits per heavy atom. The molecule has 1 aromatic heterocycles. The summed E-state index contributed by atoms with van der Waals surface area (Å²) in [4.78, 5) is 22.8. The summed E-state index contributed by atoms with van der Waals surface area (Å²) >= 11 is 0. The molecule has 0 saturated carbocycles. The zero-order valence-electron chi connectivity index (χ0n) is 15.0. The van der Waals surface area contributed by atoms with Gasteiger partial charge in [0.15, 0.2) is 5.60 Å². The van der Waals surface area contributed by atoms with Gasteiger partial charge in [0.25, 0.3) is 0 Å². The molecule has 27 heavy (non-hydrogen) atoms. The van der Waals surface area contributed by atoms with Gasteiger partial charge < -0.3 is 29.2 Å². The Morgan fingerprint density at radius 3 is 2.70 bits per heavy atom. The van der Waals surface area contributed by atoms with Gasteiger partial charge in [0.05, 0.1) is 5.60 Å². The second kappa shape index (κ2) is 6.95. The van der Waals surface area contributed by atoms with Gasteiger partial charge >= 0.3 is 11.6 Å². The molecule has 1 aromatic carbocycles. The number of aliphatic hydroxyl groups is 3. The van der Waals surface area contributed by atoms with E-state index < -0.39 is 35.0 Å². The van der Waals surface area contributed by atoms with Gasteiger partial charge in [-0.2, -0.15) is 0 Å². The van der Waals surface area contributed by atoms with Crippen LogP contribution in [0.3, 0.4) is 0 Å². The Hall–Kier alpha value is -2.42. The fourth-order valence-electron chi connectivity index (χ4n) is 3.04. The second-order valence-corrected chi connectivity index (χ2v) is 7.35. The van der Waals surface area contributed by atoms with Crippen molar-refractivity contribution in [2.75, 3.05) is 6.61 Å². The average molecular weight is 378 g/mol. The third kappa shape index (κ3) is 4.29. The standard InChI is InChI=1S/C19H22O8/c1-18(23,8-13-9-19(2,24)17(22)26-13)15(20)10-25-12-5-3-11-4-6-16(21)27-14(11)7-12/h3-7,13,15,20,23-24H,8-10H2,1-2H3. The molecule has 0 spiro atoms. The summed E-state index contributed by atoms with van der Waals surface area (Å²) in [6.07, 6.45) is -1.99. The van der Waals surface area contributed by atoms with Crippen LogP contribution >= 0.6 is 0 Å². The number of ether oxygens (including phenoxy) is 2. The first-order valence-electron chi connectivity index (χ1n) is 8.57. The van der Waals surface area contributed by atoms with Crippen molar-refractivity contribution in [3.05, 3.63) is 40.8 Å². The molecule has 2 heterocycles. The first-order chi connectivity index (χ1) is 12.6. The third-order valence-electron chi connectivity index (χ3n) is 4.70. The molecular formula is C19H22O8. The molecule has 146 valence electrons. The van der Waals surface area contributed by atoms with Crippen LogP contribution in [0.15, 0.2) is 39.5 Å². The fourth-order valence-corrected chi connectivity index (χ4v) is 3.04. The lowest BCUT2D eigenvalue weighted by molar-refractivity contribution is -0.156. The van der Waals surface area contributed by atoms with Crippen LogP contribution in [0.5, 0.6) is 5.75 Å². The van der Waals surface area contributed by atoms with Crippen molar-refractivity contribution in [3.8, 4) is 5.75 Å². The highest BCUT2D eigenvalue weighted by Gasteiger charge is 2.47. The number of aliphatic hydroxyl groups excluding tert-OH is 1. The maximum absolute atomic E-state index is 11.5. The Labute approximate surface area is 154 Å². The van der Waals surface area contributed by atoms with E-state index in [2.05, 4.69) is 0 Å². The molecule has 0 bridgehead atoms. The number of hydrogen-bond acceptors (Lipinski definition) is 8. The van der Waals surface area contributed by atoms with Crippen LogP contribution in [0.4, 0.5) is 0 Å². The van der Waals surface area contributed by atoms with Crippen LogP contribution in [0.2, 0.25) is 0 Å². The summed E-state index contributed by atoms with van der Waals surface area (Å²) in [7, 11) is 0. The van der Waals surface area contributed by atoms with Crippen LogP contribution in [0, 0.1) is 0 Å². The summed E-state index contributed by atoms with van der Waals surface area (Å²) in [5.41, 5.74) is -3.32. The summed E-state index contributed by atoms with van der Waals surface area (Å²) in [6.45, 7) is 2.52. The van der Waals surface area contributed by atoms with Crippen molar-refractivity contribution < 1.29 is 34.0 Å². The predicted molar refractivity (Wildman–Crippen MR) is 94.3 cm³/mol. The Bertz CT molecular complexity index is 898. The van der Waals surface area contributed by atoms with Gasteiger partial charge in [-0.3, -0.25) is 0 Å². The molecule has 2 aromatic rings. The smallest absolute Gasteiger partial charge is 0.338 e. The highest BCUT2D eigenvalue weighted by atomic mass is 16.6. The van der Waals surface area contributed by atoms with Crippen molar-refractivity contribution in [2.45, 2.75) is 50.1 Å². The number of cyclic esters (lactones) is 1. The van der Waals surface area contributed by atoms with Crippen molar-refractivity contribution in [2.24, 2.45) is 0 Å². The number of carbonyl (C=O) groups excluding carboxylic acids is 1. The normalized spacial score (nSPS) is 25.8. The minimum Gasteiger partial charge on any atom is -0.491 e. The van der Waals surface area contributed by atoms with E-state index in [1.54, 1.807) is 18.2 Å². The molecule has 1 saturated heterocycles. The van der Waals surface area contributed by atoms with Gasteiger partial charge in [0.2, 0.25) is 0 Å². The largest absolute Gasteiger partial charge is 0.491 e. The zero-order chi connectivity index (χ0) is 19.8. The van der Waals surface area contributed by atoms with Crippen LogP contribution < -0.4 is 10.4 Å². The highest BCUT2D eigenvalue weighted by molar-refractivity contribution is 5.81. The van der Waals surface area contributed by atoms with E-state index in [1.807, 2.05) is 0 Å². The molecule has 3 N–H and O–H groups in total. The molecule has 0 aliphatic carbocycles. The number of benzene rings is 1. The minimum absolute atomic E-state index is 0.0409. The lowest BCUT2D eigenvalue weighted by atomic mass is 9.89. The van der Waals surface area contributed by atoms with Gasteiger partial charge in [-0.25, -0.2) is 9.59 Å². The molecular weight excluding hydrogens is 356 g/mol. The van der Waals surface area contributed by atoms with Crippen LogP contribution in [0.1, 0.15) is 26.7 Å². The monoisotopic (exact) mass is 378 g/mol. The topological polar surface area (TPSA) is 126 Å². The third-order valence-corrected chi connectivity index (χ3v) is 4.70. The molecule has 1 aliphatic rings. The summed E-state index contributed by atoms with van der Waals surface area (Å²) in [5.74, 6) is -0.381. The van der Waals surface area contributed by atoms with Gasteiger partial charge in [-0.05, 0) is 32.0 Å². The Morgan fingerprint density at radius 1 is 1.33 bits per heavy atom. The number of carbonyl (C=O) groups is 1. The zero-order valence-corrected chi connectivity index (χ0v) is 15.0. The number of fused-ring (bicyclic) bond motifs is 1. The average Bonchev–Trinajstić information content (AvgIpc) is 2.83. The minimum atomic E-state index is -1.60. The van der Waals surface area contributed by atoms with E-state index in [0.29, 0.717) is 11.3 Å². The van der Waals surface area contributed by atoms with Crippen molar-refractivity contribution in [3.63, 3.8) is 0 Å². The first kappa shape index (κ1) is 19.3. The van der Waals surface area contributed by atoms with Gasteiger partial charge in [0.1, 0.15) is 30.1 Å². The molecule has 8 nitrogen and oxygen atoms in total. The number of rotatable bonds is 6. The molecule has 3 rings (SSSR count). The second-order valence-electron chi connectivity index (χ2n) is 7.35. The summed E-state index contributed by atoms with van der Waals surface area (Å²) < 4.78 is 15.6. The van der Waals surface area contributed by atoms with Crippen molar-refractivity contribution in [1.29, 1.82) is 0 Å². The van der Waals surface area contributed by atoms with Crippen LogP contribution in [0.25, 0.3) is 11.0 Å². The Kier molecular flexibility index (Phi) is 4.98. The molecule has 4 unspecified atom stereocenters. The van der Waals surface area contributed by atoms with E-state index in [0.717, 1.165) is 5.39 Å². The van der Waals surface area contributed by atoms with E-state index in [4.69, 9.17) is 13.9 Å². The number of hydrogen-bond donors (Lipinski definition) is 3. The SMILES string of the molecule is CC1(O)CC(CC(C)(O)C(O)COc2ccc3ccc(=O)oc3c2)OC1=O. The van der Waals surface area contributed by atoms with Crippen molar-refractivity contribution >= 4 is 16.9 Å². The molecule has 0 radical (unpaired) electrons. The molecule has 1 fully saturated rings. The maximum Gasteiger partial charge on any atom is 0.338 e. The fraction of sp³-hybridized carbons (Fsp3) is 0.474. The molecule has 1 aliphatic heterocycles. The molecule has 8 heteroatoms. The maximum atomic E-state index is 11.5.